The second-order valence-corrected chi connectivity index (χ2v) is 6.24. The number of aryl methyl sites for hydroxylation is 1. The Balaban J connectivity index is 1.84. The fraction of sp³-hybridized carbons (Fsp3) is 0.143. The molecule has 4 aromatic rings. The van der Waals surface area contributed by atoms with Gasteiger partial charge in [-0.3, -0.25) is 4.79 Å². The smallest absolute Gasteiger partial charge is 0.259 e. The van der Waals surface area contributed by atoms with Crippen molar-refractivity contribution in [3.63, 3.8) is 0 Å². The lowest BCUT2D eigenvalue weighted by Crippen LogP contribution is -2.09. The van der Waals surface area contributed by atoms with Gasteiger partial charge in [0.2, 0.25) is 0 Å². The molecule has 0 unspecified atom stereocenters. The van der Waals surface area contributed by atoms with Crippen LogP contribution in [-0.4, -0.2) is 21.6 Å². The second-order valence-electron chi connectivity index (χ2n) is 6.24. The minimum atomic E-state index is -0.133. The highest BCUT2D eigenvalue weighted by Crippen LogP contribution is 2.29. The first-order chi connectivity index (χ1) is 12.6. The summed E-state index contributed by atoms with van der Waals surface area (Å²) in [7, 11) is 3.70. The summed E-state index contributed by atoms with van der Waals surface area (Å²) < 4.78 is 7.50. The number of ether oxygens (including phenoxy) is 1. The number of nitrogens with zero attached hydrogens (tertiary/aromatic N) is 2. The Hall–Kier alpha value is -3.34. The molecule has 0 aliphatic heterocycles. The van der Waals surface area contributed by atoms with E-state index >= 15 is 0 Å². The maximum atomic E-state index is 12.2. The van der Waals surface area contributed by atoms with E-state index in [-0.39, 0.29) is 5.56 Å². The molecule has 0 bridgehead atoms. The van der Waals surface area contributed by atoms with Gasteiger partial charge in [-0.05, 0) is 49.4 Å². The summed E-state index contributed by atoms with van der Waals surface area (Å²) in [5, 5.41) is 1.69. The summed E-state index contributed by atoms with van der Waals surface area (Å²) in [6.45, 7) is 2.07. The molecule has 0 spiro atoms. The molecule has 1 N–H and O–H groups in total. The molecule has 0 radical (unpaired) electrons. The lowest BCUT2D eigenvalue weighted by Gasteiger charge is -2.01. The van der Waals surface area contributed by atoms with Crippen molar-refractivity contribution >= 4 is 34.0 Å². The molecule has 2 aromatic heterocycles. The highest BCUT2D eigenvalue weighted by atomic mass is 16.5. The molecule has 0 aliphatic carbocycles. The quantitative estimate of drug-likeness (QED) is 0.612. The number of hydrogen-bond acceptors (Lipinski definition) is 3. The van der Waals surface area contributed by atoms with Crippen LogP contribution in [0.4, 0.5) is 0 Å². The normalized spacial score (nSPS) is 11.7. The van der Waals surface area contributed by atoms with Crippen molar-refractivity contribution in [3.8, 4) is 5.75 Å². The predicted octanol–water partition coefficient (Wildman–Crippen LogP) is 3.90. The van der Waals surface area contributed by atoms with Gasteiger partial charge in [-0.2, -0.15) is 0 Å². The van der Waals surface area contributed by atoms with Crippen LogP contribution in [0.5, 0.6) is 5.75 Å². The summed E-state index contributed by atoms with van der Waals surface area (Å²) >= 11 is 0. The van der Waals surface area contributed by atoms with Gasteiger partial charge in [0.15, 0.2) is 0 Å². The fourth-order valence-electron chi connectivity index (χ4n) is 3.26. The molecule has 0 aliphatic rings. The number of aromatic amines is 1. The molecule has 0 fully saturated rings. The third-order valence-electron chi connectivity index (χ3n) is 4.79. The topological polar surface area (TPSA) is 59.9 Å². The van der Waals surface area contributed by atoms with Crippen LogP contribution < -0.4 is 10.3 Å². The third-order valence-corrected chi connectivity index (χ3v) is 4.79. The predicted molar refractivity (Wildman–Crippen MR) is 105 cm³/mol. The van der Waals surface area contributed by atoms with Crippen LogP contribution in [0.3, 0.4) is 0 Å². The molecule has 0 amide bonds. The van der Waals surface area contributed by atoms with E-state index in [0.717, 1.165) is 27.9 Å². The Bertz CT molecular complexity index is 1220. The number of rotatable bonds is 3. The Morgan fingerprint density at radius 2 is 1.92 bits per heavy atom. The monoisotopic (exact) mass is 345 g/mol. The van der Waals surface area contributed by atoms with Crippen molar-refractivity contribution in [3.05, 3.63) is 69.9 Å². The van der Waals surface area contributed by atoms with E-state index in [0.29, 0.717) is 16.7 Å². The number of H-pyrrole nitrogens is 1. The summed E-state index contributed by atoms with van der Waals surface area (Å²) in [5.74, 6) is 1.35. The molecule has 4 rings (SSSR count). The zero-order valence-corrected chi connectivity index (χ0v) is 14.9. The molecule has 2 aromatic carbocycles. The zero-order valence-electron chi connectivity index (χ0n) is 14.9. The van der Waals surface area contributed by atoms with E-state index < -0.39 is 0 Å². The van der Waals surface area contributed by atoms with Crippen molar-refractivity contribution in [2.45, 2.75) is 6.92 Å². The van der Waals surface area contributed by atoms with Crippen molar-refractivity contribution in [1.29, 1.82) is 0 Å². The molecular weight excluding hydrogens is 326 g/mol. The second kappa shape index (κ2) is 6.19. The maximum Gasteiger partial charge on any atom is 0.259 e. The van der Waals surface area contributed by atoms with E-state index in [4.69, 9.17) is 4.74 Å². The molecule has 5 nitrogen and oxygen atoms in total. The number of fused-ring (bicyclic) bond motifs is 2. The van der Waals surface area contributed by atoms with Crippen LogP contribution >= 0.6 is 0 Å². The van der Waals surface area contributed by atoms with E-state index in [1.54, 1.807) is 13.2 Å². The largest absolute Gasteiger partial charge is 0.497 e. The number of hydrogen-bond donors (Lipinski definition) is 1. The Morgan fingerprint density at radius 3 is 2.73 bits per heavy atom. The number of nitrogens with one attached hydrogen (secondary N) is 1. The van der Waals surface area contributed by atoms with Gasteiger partial charge in [0.25, 0.3) is 5.56 Å². The van der Waals surface area contributed by atoms with Gasteiger partial charge in [0.1, 0.15) is 11.6 Å². The van der Waals surface area contributed by atoms with E-state index in [9.17, 15) is 4.79 Å². The van der Waals surface area contributed by atoms with Crippen LogP contribution in [0.25, 0.3) is 34.0 Å². The lowest BCUT2D eigenvalue weighted by atomic mass is 10.1. The van der Waals surface area contributed by atoms with Gasteiger partial charge < -0.3 is 14.3 Å². The van der Waals surface area contributed by atoms with Crippen molar-refractivity contribution in [2.24, 2.45) is 7.05 Å². The molecule has 5 heteroatoms. The maximum absolute atomic E-state index is 12.2. The number of methoxy groups -OCH3 is 1. The highest BCUT2D eigenvalue weighted by Gasteiger charge is 2.11. The van der Waals surface area contributed by atoms with Crippen LogP contribution in [-0.2, 0) is 7.05 Å². The minimum absolute atomic E-state index is 0.133. The van der Waals surface area contributed by atoms with Gasteiger partial charge >= 0.3 is 0 Å². The average molecular weight is 345 g/mol. The van der Waals surface area contributed by atoms with Crippen LogP contribution in [0.1, 0.15) is 17.1 Å². The molecule has 0 saturated heterocycles. The summed E-state index contributed by atoms with van der Waals surface area (Å²) in [5.41, 5.74) is 3.89. The standard InChI is InChI=1S/C21H19N3O2/c1-13-15(17-12-14(26-3)8-10-19(17)24(13)2)9-11-20-22-18-7-5-4-6-16(18)21(25)23-20/h4-12H,1-3H3,(H,22,23,25). The Kier molecular flexibility index (Phi) is 3.84. The van der Waals surface area contributed by atoms with Gasteiger partial charge in [0, 0.05) is 29.2 Å². The average Bonchev–Trinajstić information content (AvgIpc) is 2.90. The molecule has 130 valence electrons. The van der Waals surface area contributed by atoms with Gasteiger partial charge in [-0.15, -0.1) is 0 Å². The highest BCUT2D eigenvalue weighted by molar-refractivity contribution is 5.94. The Labute approximate surface area is 150 Å². The molecule has 2 heterocycles. The van der Waals surface area contributed by atoms with E-state index in [1.807, 2.05) is 49.5 Å². The molecule has 0 saturated carbocycles. The van der Waals surface area contributed by atoms with Gasteiger partial charge in [-0.25, -0.2) is 4.98 Å². The van der Waals surface area contributed by atoms with Crippen molar-refractivity contribution in [2.75, 3.05) is 7.11 Å². The molecular formula is C21H19N3O2. The van der Waals surface area contributed by atoms with Crippen LogP contribution in [0.15, 0.2) is 47.3 Å². The first-order valence-electron chi connectivity index (χ1n) is 8.38. The summed E-state index contributed by atoms with van der Waals surface area (Å²) in [6, 6.07) is 13.4. The summed E-state index contributed by atoms with van der Waals surface area (Å²) in [4.78, 5) is 19.6. The zero-order chi connectivity index (χ0) is 18.3. The molecule has 26 heavy (non-hydrogen) atoms. The Morgan fingerprint density at radius 1 is 1.12 bits per heavy atom. The number of benzene rings is 2. The first-order valence-corrected chi connectivity index (χ1v) is 8.38. The number of aromatic nitrogens is 3. The van der Waals surface area contributed by atoms with E-state index in [2.05, 4.69) is 27.5 Å². The summed E-state index contributed by atoms with van der Waals surface area (Å²) in [6.07, 6.45) is 3.83. The SMILES string of the molecule is COc1ccc2c(c1)c(C=Cc1nc3ccccc3c(=O)[nH]1)c(C)n2C. The molecule has 0 atom stereocenters. The lowest BCUT2D eigenvalue weighted by molar-refractivity contribution is 0.415. The van der Waals surface area contributed by atoms with Crippen molar-refractivity contribution < 1.29 is 4.74 Å². The first kappa shape index (κ1) is 16.1. The third kappa shape index (κ3) is 2.58. The van der Waals surface area contributed by atoms with Crippen LogP contribution in [0.2, 0.25) is 0 Å². The van der Waals surface area contributed by atoms with E-state index in [1.165, 1.54) is 0 Å². The van der Waals surface area contributed by atoms with Gasteiger partial charge in [-0.1, -0.05) is 12.1 Å². The van der Waals surface area contributed by atoms with Crippen molar-refractivity contribution in [1.82, 2.24) is 14.5 Å². The van der Waals surface area contributed by atoms with Crippen LogP contribution in [0, 0.1) is 6.92 Å². The minimum Gasteiger partial charge on any atom is -0.497 e. The van der Waals surface area contributed by atoms with Gasteiger partial charge in [0.05, 0.1) is 18.0 Å². The number of para-hydroxylation sites is 1. The fourth-order valence-corrected chi connectivity index (χ4v) is 3.26.